The van der Waals surface area contributed by atoms with Crippen LogP contribution in [-0.2, 0) is 0 Å². The van der Waals surface area contributed by atoms with E-state index >= 15 is 0 Å². The van der Waals surface area contributed by atoms with Crippen LogP contribution in [0.25, 0.3) is 21.9 Å². The molecular weight excluding hydrogens is 458 g/mol. The molecule has 1 fully saturated rings. The van der Waals surface area contributed by atoms with Crippen LogP contribution in [0.5, 0.6) is 0 Å². The average molecular weight is 492 g/mol. The van der Waals surface area contributed by atoms with Crippen LogP contribution in [-0.4, -0.2) is 43.2 Å². The number of aryl methyl sites for hydroxylation is 1. The van der Waals surface area contributed by atoms with Crippen LogP contribution in [0.3, 0.4) is 0 Å². The Bertz CT molecular complexity index is 1320. The summed E-state index contributed by atoms with van der Waals surface area (Å²) in [5.74, 6) is -0.0254. The lowest BCUT2D eigenvalue weighted by molar-refractivity contribution is 0.0824. The first kappa shape index (κ1) is 25.1. The zero-order valence-corrected chi connectivity index (χ0v) is 21.5. The molecule has 6 heteroatoms. The Labute approximate surface area is 213 Å². The van der Waals surface area contributed by atoms with Crippen molar-refractivity contribution in [1.29, 1.82) is 0 Å². The van der Waals surface area contributed by atoms with Gasteiger partial charge in [-0.2, -0.15) is 0 Å². The van der Waals surface area contributed by atoms with Crippen LogP contribution in [0, 0.1) is 13.8 Å². The van der Waals surface area contributed by atoms with Gasteiger partial charge in [0.15, 0.2) is 0 Å². The van der Waals surface area contributed by atoms with Gasteiger partial charge in [-0.3, -0.25) is 9.69 Å². The summed E-state index contributed by atoms with van der Waals surface area (Å²) in [5.41, 5.74) is 6.35. The topological polar surface area (TPSA) is 48.7 Å². The number of para-hydroxylation sites is 1. The molecule has 5 nitrogen and oxygen atoms in total. The predicted octanol–water partition coefficient (Wildman–Crippen LogP) is 6.30. The second-order valence-corrected chi connectivity index (χ2v) is 9.33. The fourth-order valence-corrected chi connectivity index (χ4v) is 5.07. The molecule has 0 radical (unpaired) electrons. The van der Waals surface area contributed by atoms with Crippen molar-refractivity contribution in [2.24, 2.45) is 0 Å². The highest BCUT2D eigenvalue weighted by molar-refractivity contribution is 6.08. The Kier molecular flexibility index (Phi) is 7.68. The van der Waals surface area contributed by atoms with E-state index in [1.54, 1.807) is 0 Å². The van der Waals surface area contributed by atoms with Crippen molar-refractivity contribution >= 4 is 45.9 Å². The minimum Gasteiger partial charge on any atom is -0.456 e. The van der Waals surface area contributed by atoms with Crippen molar-refractivity contribution in [2.75, 3.05) is 31.1 Å². The van der Waals surface area contributed by atoms with E-state index in [0.717, 1.165) is 61.0 Å². The number of amides is 1. The zero-order valence-electron chi connectivity index (χ0n) is 20.7. The average Bonchev–Trinajstić information content (AvgIpc) is 3.23. The highest BCUT2D eigenvalue weighted by Crippen LogP contribution is 2.29. The summed E-state index contributed by atoms with van der Waals surface area (Å²) in [4.78, 5) is 18.2. The van der Waals surface area contributed by atoms with Gasteiger partial charge in [0.1, 0.15) is 11.2 Å². The minimum absolute atomic E-state index is 0. The molecule has 0 saturated carbocycles. The van der Waals surface area contributed by atoms with Gasteiger partial charge < -0.3 is 14.6 Å². The van der Waals surface area contributed by atoms with Gasteiger partial charge >= 0.3 is 0 Å². The van der Waals surface area contributed by atoms with Gasteiger partial charge in [0.05, 0.1) is 6.17 Å². The number of hydrogen-bond donors (Lipinski definition) is 1. The van der Waals surface area contributed by atoms with E-state index in [0.29, 0.717) is 5.56 Å². The largest absolute Gasteiger partial charge is 0.456 e. The number of carbonyl (C=O) groups is 1. The third kappa shape index (κ3) is 5.02. The lowest BCUT2D eigenvalue weighted by Gasteiger charge is -2.41. The van der Waals surface area contributed by atoms with Crippen LogP contribution in [0.15, 0.2) is 65.1 Å². The van der Waals surface area contributed by atoms with Crippen molar-refractivity contribution in [3.8, 4) is 0 Å². The van der Waals surface area contributed by atoms with Crippen LogP contribution >= 0.6 is 12.4 Å². The lowest BCUT2D eigenvalue weighted by Crippen LogP contribution is -2.56. The summed E-state index contributed by atoms with van der Waals surface area (Å²) in [6.45, 7) is 10.4. The molecule has 4 aromatic rings. The van der Waals surface area contributed by atoms with Gasteiger partial charge in [-0.25, -0.2) is 0 Å². The van der Waals surface area contributed by atoms with Crippen LogP contribution in [0.1, 0.15) is 41.3 Å². The first-order chi connectivity index (χ1) is 16.5. The molecule has 5 rings (SSSR count). The maximum absolute atomic E-state index is 13.3. The molecule has 0 spiro atoms. The highest BCUT2D eigenvalue weighted by Gasteiger charge is 2.26. The number of furan rings is 1. The molecule has 0 bridgehead atoms. The van der Waals surface area contributed by atoms with Gasteiger partial charge in [0.2, 0.25) is 0 Å². The number of fused-ring (bicyclic) bond motifs is 3. The van der Waals surface area contributed by atoms with Crippen LogP contribution < -0.4 is 10.2 Å². The number of carbonyl (C=O) groups excluding carboxylic acids is 1. The van der Waals surface area contributed by atoms with Gasteiger partial charge in [0, 0.05) is 48.2 Å². The third-order valence-electron chi connectivity index (χ3n) is 7.17. The predicted molar refractivity (Wildman–Crippen MR) is 147 cm³/mol. The van der Waals surface area contributed by atoms with E-state index in [2.05, 4.69) is 54.1 Å². The van der Waals surface area contributed by atoms with Gasteiger partial charge in [-0.05, 0) is 61.7 Å². The van der Waals surface area contributed by atoms with E-state index in [1.165, 1.54) is 16.8 Å². The van der Waals surface area contributed by atoms with Gasteiger partial charge in [-0.15, -0.1) is 12.4 Å². The zero-order chi connectivity index (χ0) is 23.7. The lowest BCUT2D eigenvalue weighted by atomic mass is 10.1. The Morgan fingerprint density at radius 1 is 0.943 bits per heavy atom. The number of nitrogens with one attached hydrogen (secondary N) is 1. The summed E-state index contributed by atoms with van der Waals surface area (Å²) in [6.07, 6.45) is 2.00. The molecule has 1 saturated heterocycles. The number of benzene rings is 3. The molecule has 1 aromatic heterocycles. The molecule has 3 aromatic carbocycles. The van der Waals surface area contributed by atoms with Crippen molar-refractivity contribution in [3.05, 3.63) is 77.4 Å². The van der Waals surface area contributed by atoms with Gasteiger partial charge in [0.25, 0.3) is 5.91 Å². The van der Waals surface area contributed by atoms with E-state index in [-0.39, 0.29) is 24.5 Å². The summed E-state index contributed by atoms with van der Waals surface area (Å²) in [5, 5.41) is 5.35. The fraction of sp³-hybridized carbons (Fsp3) is 0.345. The molecule has 2 heterocycles. The molecule has 0 aliphatic carbocycles. The van der Waals surface area contributed by atoms with E-state index in [4.69, 9.17) is 4.42 Å². The molecule has 1 aliphatic heterocycles. The van der Waals surface area contributed by atoms with E-state index in [9.17, 15) is 4.79 Å². The Hall–Kier alpha value is -3.02. The summed E-state index contributed by atoms with van der Waals surface area (Å²) in [7, 11) is 0. The minimum atomic E-state index is -0.0254. The molecule has 1 atom stereocenters. The first-order valence-electron chi connectivity index (χ1n) is 12.3. The maximum atomic E-state index is 13.3. The van der Waals surface area contributed by atoms with Crippen LogP contribution in [0.4, 0.5) is 5.69 Å². The number of nitrogens with zero attached hydrogens (tertiary/aromatic N) is 2. The number of hydrogen-bond acceptors (Lipinski definition) is 4. The molecule has 184 valence electrons. The first-order valence-corrected chi connectivity index (χ1v) is 12.3. The van der Waals surface area contributed by atoms with E-state index in [1.807, 2.05) is 42.5 Å². The number of rotatable bonds is 6. The molecule has 1 unspecified atom stereocenters. The standard InChI is InChI=1S/C29H33N3O2.ClH/c1-4-8-28(32-17-15-31(16-18-32)25-11-7-9-20(2)21(25)3)30-29(33)22-13-14-27-24(19-22)23-10-5-6-12-26(23)34-27;/h5-7,9-14,19,28H,4,8,15-18H2,1-3H3,(H,30,33);1H. The Morgan fingerprint density at radius 2 is 1.69 bits per heavy atom. The highest BCUT2D eigenvalue weighted by atomic mass is 35.5. The SMILES string of the molecule is CCCC(NC(=O)c1ccc2oc3ccccc3c2c1)N1CCN(c2cccc(C)c2C)CC1.Cl. The van der Waals surface area contributed by atoms with Crippen LogP contribution in [0.2, 0.25) is 0 Å². The molecule has 35 heavy (non-hydrogen) atoms. The second kappa shape index (κ2) is 10.7. The number of anilines is 1. The van der Waals surface area contributed by atoms with Crippen molar-refractivity contribution < 1.29 is 9.21 Å². The maximum Gasteiger partial charge on any atom is 0.252 e. The Morgan fingerprint density at radius 3 is 2.46 bits per heavy atom. The number of halogens is 1. The normalized spacial score (nSPS) is 15.2. The Balaban J connectivity index is 0.00000289. The number of piperazine rings is 1. The third-order valence-corrected chi connectivity index (χ3v) is 7.17. The molecule has 1 aliphatic rings. The smallest absolute Gasteiger partial charge is 0.252 e. The van der Waals surface area contributed by atoms with Crippen molar-refractivity contribution in [2.45, 2.75) is 39.8 Å². The quantitative estimate of drug-likeness (QED) is 0.343. The van der Waals surface area contributed by atoms with E-state index < -0.39 is 0 Å². The summed E-state index contributed by atoms with van der Waals surface area (Å²) in [6, 6.07) is 20.2. The van der Waals surface area contributed by atoms with Crippen molar-refractivity contribution in [3.63, 3.8) is 0 Å². The molecule has 1 N–H and O–H groups in total. The summed E-state index contributed by atoms with van der Waals surface area (Å²) >= 11 is 0. The fourth-order valence-electron chi connectivity index (χ4n) is 5.07. The van der Waals surface area contributed by atoms with Gasteiger partial charge in [-0.1, -0.05) is 43.7 Å². The molecular formula is C29H34ClN3O2. The molecule has 1 amide bonds. The van der Waals surface area contributed by atoms with Crippen molar-refractivity contribution in [1.82, 2.24) is 10.2 Å². The second-order valence-electron chi connectivity index (χ2n) is 9.33. The summed E-state index contributed by atoms with van der Waals surface area (Å²) < 4.78 is 5.92. The monoisotopic (exact) mass is 491 g/mol.